The van der Waals surface area contributed by atoms with Gasteiger partial charge in [0.15, 0.2) is 0 Å². The molecule has 1 fully saturated rings. The normalized spacial score (nSPS) is 15.7. The molecule has 1 saturated heterocycles. The van der Waals surface area contributed by atoms with Gasteiger partial charge in [0.05, 0.1) is 11.0 Å². The molecule has 3 aromatic rings. The van der Waals surface area contributed by atoms with Crippen LogP contribution in [0.25, 0.3) is 22.4 Å². The van der Waals surface area contributed by atoms with Crippen LogP contribution in [0.4, 0.5) is 0 Å². The molecule has 0 unspecified atom stereocenters. The first kappa shape index (κ1) is 15.2. The molecule has 4 nitrogen and oxygen atoms in total. The fraction of sp³-hybridized carbons (Fsp3) is 0.350. The molecule has 2 heterocycles. The second kappa shape index (κ2) is 7.05. The van der Waals surface area contributed by atoms with Crippen LogP contribution < -0.4 is 4.74 Å². The number of fused-ring (bicyclic) bond motifs is 1. The molecular weight excluding hydrogens is 298 g/mol. The molecule has 0 spiro atoms. The number of ether oxygens (including phenoxy) is 1. The highest BCUT2D eigenvalue weighted by Gasteiger charge is 2.10. The van der Waals surface area contributed by atoms with Gasteiger partial charge in [-0.05, 0) is 50.2 Å². The minimum Gasteiger partial charge on any atom is -0.492 e. The summed E-state index contributed by atoms with van der Waals surface area (Å²) in [5.74, 6) is 1.79. The number of H-pyrrole nitrogens is 1. The largest absolute Gasteiger partial charge is 0.492 e. The summed E-state index contributed by atoms with van der Waals surface area (Å²) in [6.07, 6.45) is 4.01. The molecule has 2 aromatic carbocycles. The molecule has 1 aliphatic heterocycles. The fourth-order valence-corrected chi connectivity index (χ4v) is 3.30. The summed E-state index contributed by atoms with van der Waals surface area (Å²) in [5, 5.41) is 0. The molecule has 4 heteroatoms. The average molecular weight is 321 g/mol. The van der Waals surface area contributed by atoms with Crippen LogP contribution in [0.1, 0.15) is 19.3 Å². The number of aromatic amines is 1. The van der Waals surface area contributed by atoms with Crippen LogP contribution in [0.2, 0.25) is 0 Å². The highest BCUT2D eigenvalue weighted by Crippen LogP contribution is 2.24. The monoisotopic (exact) mass is 321 g/mol. The molecule has 0 radical (unpaired) electrons. The predicted octanol–water partition coefficient (Wildman–Crippen LogP) is 4.09. The lowest BCUT2D eigenvalue weighted by Gasteiger charge is -2.26. The van der Waals surface area contributed by atoms with Crippen LogP contribution in [0.5, 0.6) is 5.75 Å². The van der Waals surface area contributed by atoms with Gasteiger partial charge in [-0.1, -0.05) is 30.7 Å². The lowest BCUT2D eigenvalue weighted by atomic mass is 10.1. The van der Waals surface area contributed by atoms with E-state index in [0.29, 0.717) is 0 Å². The Bertz CT molecular complexity index is 772. The number of para-hydroxylation sites is 2. The third kappa shape index (κ3) is 3.44. The Morgan fingerprint density at radius 2 is 1.88 bits per heavy atom. The number of imidazole rings is 1. The van der Waals surface area contributed by atoms with E-state index in [1.54, 1.807) is 0 Å². The summed E-state index contributed by atoms with van der Waals surface area (Å²) < 4.78 is 5.96. The van der Waals surface area contributed by atoms with E-state index in [0.717, 1.165) is 41.3 Å². The summed E-state index contributed by atoms with van der Waals surface area (Å²) in [6.45, 7) is 4.17. The maximum atomic E-state index is 5.96. The quantitative estimate of drug-likeness (QED) is 0.769. The second-order valence-corrected chi connectivity index (χ2v) is 6.38. The third-order valence-corrected chi connectivity index (χ3v) is 4.62. The maximum Gasteiger partial charge on any atom is 0.138 e. The second-order valence-electron chi connectivity index (χ2n) is 6.38. The van der Waals surface area contributed by atoms with Crippen LogP contribution in [0.3, 0.4) is 0 Å². The molecule has 1 aromatic heterocycles. The van der Waals surface area contributed by atoms with Crippen molar-refractivity contribution in [3.8, 4) is 17.1 Å². The van der Waals surface area contributed by atoms with E-state index in [1.165, 1.54) is 32.4 Å². The molecule has 1 N–H and O–H groups in total. The predicted molar refractivity (Wildman–Crippen MR) is 97.3 cm³/mol. The lowest BCUT2D eigenvalue weighted by Crippen LogP contribution is -2.33. The molecule has 4 rings (SSSR count). The van der Waals surface area contributed by atoms with Gasteiger partial charge in [-0.2, -0.15) is 0 Å². The van der Waals surface area contributed by atoms with E-state index >= 15 is 0 Å². The number of nitrogens with one attached hydrogen (secondary N) is 1. The molecule has 0 saturated carbocycles. The molecule has 0 amide bonds. The van der Waals surface area contributed by atoms with E-state index in [-0.39, 0.29) is 0 Å². The lowest BCUT2D eigenvalue weighted by molar-refractivity contribution is 0.183. The van der Waals surface area contributed by atoms with Crippen LogP contribution in [0, 0.1) is 0 Å². The van der Waals surface area contributed by atoms with Crippen molar-refractivity contribution in [2.45, 2.75) is 19.3 Å². The van der Waals surface area contributed by atoms with Crippen molar-refractivity contribution in [3.05, 3.63) is 48.5 Å². The van der Waals surface area contributed by atoms with Gasteiger partial charge in [0.1, 0.15) is 18.2 Å². The molecular formula is C20H23N3O. The van der Waals surface area contributed by atoms with E-state index in [1.807, 2.05) is 36.4 Å². The Kier molecular flexibility index (Phi) is 4.47. The van der Waals surface area contributed by atoms with Crippen molar-refractivity contribution in [3.63, 3.8) is 0 Å². The van der Waals surface area contributed by atoms with Crippen molar-refractivity contribution in [2.24, 2.45) is 0 Å². The summed E-state index contributed by atoms with van der Waals surface area (Å²) in [4.78, 5) is 10.5. The maximum absolute atomic E-state index is 5.96. The number of hydrogen-bond acceptors (Lipinski definition) is 3. The molecule has 0 atom stereocenters. The molecule has 0 bridgehead atoms. The van der Waals surface area contributed by atoms with Crippen molar-refractivity contribution in [2.75, 3.05) is 26.2 Å². The summed E-state index contributed by atoms with van der Waals surface area (Å²) in [6, 6.07) is 16.3. The standard InChI is InChI=1S/C20H23N3O/c1-4-11-23(12-5-1)13-14-24-17-8-6-7-16(15-17)20-21-18-9-2-3-10-19(18)22-20/h2-3,6-10,15H,1,4-5,11-14H2,(H,21,22). The Hall–Kier alpha value is -2.33. The molecule has 1 aliphatic rings. The molecule has 124 valence electrons. The van der Waals surface area contributed by atoms with Gasteiger partial charge >= 0.3 is 0 Å². The summed E-state index contributed by atoms with van der Waals surface area (Å²) in [7, 11) is 0. The highest BCUT2D eigenvalue weighted by molar-refractivity contribution is 5.79. The van der Waals surface area contributed by atoms with E-state index in [2.05, 4.69) is 27.0 Å². The third-order valence-electron chi connectivity index (χ3n) is 4.62. The van der Waals surface area contributed by atoms with E-state index in [4.69, 9.17) is 4.74 Å². The first-order chi connectivity index (χ1) is 11.9. The Morgan fingerprint density at radius 1 is 1.00 bits per heavy atom. The zero-order chi connectivity index (χ0) is 16.2. The first-order valence-electron chi connectivity index (χ1n) is 8.79. The number of aromatic nitrogens is 2. The topological polar surface area (TPSA) is 41.1 Å². The summed E-state index contributed by atoms with van der Waals surface area (Å²) in [5.41, 5.74) is 3.11. The van der Waals surface area contributed by atoms with Gasteiger partial charge in [0, 0.05) is 12.1 Å². The van der Waals surface area contributed by atoms with Crippen LogP contribution in [-0.2, 0) is 0 Å². The van der Waals surface area contributed by atoms with E-state index < -0.39 is 0 Å². The van der Waals surface area contributed by atoms with Crippen LogP contribution >= 0.6 is 0 Å². The van der Waals surface area contributed by atoms with E-state index in [9.17, 15) is 0 Å². The van der Waals surface area contributed by atoms with Crippen LogP contribution in [-0.4, -0.2) is 41.1 Å². The zero-order valence-corrected chi connectivity index (χ0v) is 13.9. The van der Waals surface area contributed by atoms with Gasteiger partial charge in [-0.15, -0.1) is 0 Å². The van der Waals surface area contributed by atoms with Gasteiger partial charge in [-0.3, -0.25) is 4.90 Å². The number of hydrogen-bond donors (Lipinski definition) is 1. The van der Waals surface area contributed by atoms with Gasteiger partial charge in [0.25, 0.3) is 0 Å². The van der Waals surface area contributed by atoms with Crippen molar-refractivity contribution in [1.29, 1.82) is 0 Å². The minimum atomic E-state index is 0.740. The number of nitrogens with zero attached hydrogens (tertiary/aromatic N) is 2. The number of benzene rings is 2. The molecule has 24 heavy (non-hydrogen) atoms. The fourth-order valence-electron chi connectivity index (χ4n) is 3.30. The zero-order valence-electron chi connectivity index (χ0n) is 13.9. The Balaban J connectivity index is 1.43. The van der Waals surface area contributed by atoms with Crippen molar-refractivity contribution >= 4 is 11.0 Å². The first-order valence-corrected chi connectivity index (χ1v) is 8.79. The number of piperidine rings is 1. The highest BCUT2D eigenvalue weighted by atomic mass is 16.5. The Labute approximate surface area is 142 Å². The smallest absolute Gasteiger partial charge is 0.138 e. The number of likely N-dealkylation sites (tertiary alicyclic amines) is 1. The minimum absolute atomic E-state index is 0.740. The van der Waals surface area contributed by atoms with Gasteiger partial charge in [0.2, 0.25) is 0 Å². The van der Waals surface area contributed by atoms with Crippen LogP contribution in [0.15, 0.2) is 48.5 Å². The summed E-state index contributed by atoms with van der Waals surface area (Å²) >= 11 is 0. The number of rotatable bonds is 5. The van der Waals surface area contributed by atoms with Gasteiger partial charge in [-0.25, -0.2) is 4.98 Å². The van der Waals surface area contributed by atoms with Gasteiger partial charge < -0.3 is 9.72 Å². The Morgan fingerprint density at radius 3 is 2.75 bits per heavy atom. The average Bonchev–Trinajstić information content (AvgIpc) is 3.07. The van der Waals surface area contributed by atoms with Crippen molar-refractivity contribution < 1.29 is 4.74 Å². The molecule has 0 aliphatic carbocycles. The van der Waals surface area contributed by atoms with Crippen molar-refractivity contribution in [1.82, 2.24) is 14.9 Å². The SMILES string of the molecule is c1cc(OCCN2CCCCC2)cc(-c2nc3ccccc3[nH]2)c1.